The molecule has 1 fully saturated rings. The molecular weight excluding hydrogens is 465 g/mol. The number of nitrogens with one attached hydrogen (secondary N) is 1. The van der Waals surface area contributed by atoms with E-state index in [1.54, 1.807) is 0 Å². The molecule has 0 radical (unpaired) electrons. The minimum Gasteiger partial charge on any atom is -0.381 e. The predicted octanol–water partition coefficient (Wildman–Crippen LogP) is 2.75. The summed E-state index contributed by atoms with van der Waals surface area (Å²) in [6.07, 6.45) is 3.95. The Morgan fingerprint density at radius 3 is 2.23 bits per heavy atom. The van der Waals surface area contributed by atoms with E-state index < -0.39 is 14.6 Å². The van der Waals surface area contributed by atoms with E-state index >= 15 is 0 Å². The van der Waals surface area contributed by atoms with Crippen LogP contribution in [-0.2, 0) is 27.4 Å². The first-order valence-corrected chi connectivity index (χ1v) is 10.7. The highest BCUT2D eigenvalue weighted by Gasteiger charge is 2.42. The molecule has 0 unspecified atom stereocenters. The van der Waals surface area contributed by atoms with Gasteiger partial charge >= 0.3 is 0 Å². The van der Waals surface area contributed by atoms with Crippen LogP contribution in [-0.4, -0.2) is 45.1 Å². The molecule has 0 aromatic heterocycles. The molecule has 0 atom stereocenters. The van der Waals surface area contributed by atoms with Gasteiger partial charge in [-0.05, 0) is 36.8 Å². The highest BCUT2D eigenvalue weighted by molar-refractivity contribution is 14.0. The Morgan fingerprint density at radius 2 is 1.77 bits per heavy atom. The van der Waals surface area contributed by atoms with Gasteiger partial charge in [0, 0.05) is 25.2 Å². The normalized spacial score (nSPS) is 17.4. The topological polar surface area (TPSA) is 93.8 Å². The number of sulfone groups is 1. The Kier molecular flexibility index (Phi) is 8.81. The van der Waals surface area contributed by atoms with Crippen molar-refractivity contribution in [1.82, 2.24) is 0 Å². The van der Waals surface area contributed by atoms with Crippen molar-refractivity contribution in [2.45, 2.75) is 44.3 Å². The van der Waals surface area contributed by atoms with Crippen LogP contribution >= 0.6 is 24.0 Å². The molecule has 1 saturated heterocycles. The second-order valence-corrected chi connectivity index (χ2v) is 8.96. The Hall–Kier alpha value is -0.870. The molecule has 6 nitrogen and oxygen atoms in total. The van der Waals surface area contributed by atoms with Gasteiger partial charge in [0.05, 0.1) is 11.3 Å². The van der Waals surface area contributed by atoms with E-state index in [1.165, 1.54) is 17.4 Å². The van der Waals surface area contributed by atoms with Gasteiger partial charge in [0.1, 0.15) is 0 Å². The molecule has 1 aromatic rings. The Labute approximate surface area is 173 Å². The number of nitrogens with zero attached hydrogens (tertiary/aromatic N) is 1. The average Bonchev–Trinajstić information content (AvgIpc) is 2.60. The predicted molar refractivity (Wildman–Crippen MR) is 118 cm³/mol. The summed E-state index contributed by atoms with van der Waals surface area (Å²) in [5.74, 6) is 0.255. The Bertz CT molecular complexity index is 707. The number of nitrogens with two attached hydrogens (primary N) is 1. The van der Waals surface area contributed by atoms with Crippen molar-refractivity contribution >= 4 is 45.5 Å². The molecule has 148 valence electrons. The summed E-state index contributed by atoms with van der Waals surface area (Å²) in [6, 6.07) is 6.16. The number of guanidine groups is 1. The second-order valence-electron chi connectivity index (χ2n) is 6.55. The van der Waals surface area contributed by atoms with Crippen molar-refractivity contribution in [2.75, 3.05) is 31.3 Å². The minimum absolute atomic E-state index is 0. The molecule has 1 aliphatic rings. The Balaban J connectivity index is 0.00000338. The van der Waals surface area contributed by atoms with Gasteiger partial charge in [-0.15, -0.1) is 24.0 Å². The van der Waals surface area contributed by atoms with Gasteiger partial charge in [0.2, 0.25) is 0 Å². The maximum absolute atomic E-state index is 12.3. The fraction of sp³-hybridized carbons (Fsp3) is 0.611. The van der Waals surface area contributed by atoms with E-state index in [0.717, 1.165) is 18.5 Å². The van der Waals surface area contributed by atoms with Crippen LogP contribution in [0.5, 0.6) is 0 Å². The fourth-order valence-electron chi connectivity index (χ4n) is 3.19. The molecule has 0 saturated carbocycles. The van der Waals surface area contributed by atoms with E-state index in [-0.39, 0.29) is 36.5 Å². The molecule has 8 heteroatoms. The second kappa shape index (κ2) is 9.89. The van der Waals surface area contributed by atoms with Crippen LogP contribution in [0.25, 0.3) is 0 Å². The van der Waals surface area contributed by atoms with Gasteiger partial charge in [-0.25, -0.2) is 8.42 Å². The van der Waals surface area contributed by atoms with Crippen molar-refractivity contribution in [3.63, 3.8) is 0 Å². The fourth-order valence-corrected chi connectivity index (χ4v) is 4.40. The van der Waals surface area contributed by atoms with Crippen molar-refractivity contribution in [2.24, 2.45) is 10.7 Å². The third kappa shape index (κ3) is 5.32. The molecule has 1 heterocycles. The number of hydrogen-bond acceptors (Lipinski definition) is 4. The molecule has 26 heavy (non-hydrogen) atoms. The van der Waals surface area contributed by atoms with Crippen LogP contribution in [0.3, 0.4) is 0 Å². The van der Waals surface area contributed by atoms with Crippen molar-refractivity contribution in [3.8, 4) is 0 Å². The summed E-state index contributed by atoms with van der Waals surface area (Å²) in [4.78, 5) is 4.38. The lowest BCUT2D eigenvalue weighted by Gasteiger charge is -2.34. The zero-order valence-electron chi connectivity index (χ0n) is 15.7. The first-order chi connectivity index (χ1) is 11.8. The van der Waals surface area contributed by atoms with Crippen LogP contribution in [0.4, 0.5) is 5.69 Å². The smallest absolute Gasteiger partial charge is 0.193 e. The average molecular weight is 495 g/mol. The largest absolute Gasteiger partial charge is 0.381 e. The van der Waals surface area contributed by atoms with Crippen LogP contribution in [0, 0.1) is 0 Å². The number of rotatable bonds is 6. The third-order valence-electron chi connectivity index (χ3n) is 4.98. The number of ether oxygens (including phenoxy) is 1. The van der Waals surface area contributed by atoms with Gasteiger partial charge in [-0.1, -0.05) is 32.0 Å². The monoisotopic (exact) mass is 495 g/mol. The van der Waals surface area contributed by atoms with E-state index in [0.29, 0.717) is 26.1 Å². The van der Waals surface area contributed by atoms with E-state index in [2.05, 4.69) is 36.3 Å². The summed E-state index contributed by atoms with van der Waals surface area (Å²) < 4.78 is 29.0. The van der Waals surface area contributed by atoms with Crippen LogP contribution in [0.15, 0.2) is 23.2 Å². The number of hydrogen-bond donors (Lipinski definition) is 2. The van der Waals surface area contributed by atoms with Crippen LogP contribution in [0.1, 0.15) is 37.8 Å². The molecule has 0 spiro atoms. The van der Waals surface area contributed by atoms with Gasteiger partial charge in [-0.2, -0.15) is 0 Å². The van der Waals surface area contributed by atoms with Crippen LogP contribution in [0.2, 0.25) is 0 Å². The summed E-state index contributed by atoms with van der Waals surface area (Å²) in [7, 11) is -3.25. The zero-order valence-corrected chi connectivity index (χ0v) is 18.9. The van der Waals surface area contributed by atoms with Gasteiger partial charge in [0.25, 0.3) is 0 Å². The molecule has 0 amide bonds. The molecule has 1 aliphatic heterocycles. The minimum atomic E-state index is -3.25. The molecule has 0 bridgehead atoms. The maximum atomic E-state index is 12.3. The number of aryl methyl sites for hydroxylation is 2. The first kappa shape index (κ1) is 23.2. The quantitative estimate of drug-likeness (QED) is 0.360. The van der Waals surface area contributed by atoms with Gasteiger partial charge < -0.3 is 15.8 Å². The zero-order chi connectivity index (χ0) is 18.5. The maximum Gasteiger partial charge on any atom is 0.193 e. The highest BCUT2D eigenvalue weighted by Crippen LogP contribution is 2.30. The first-order valence-electron chi connectivity index (χ1n) is 8.78. The summed E-state index contributed by atoms with van der Waals surface area (Å²) in [5, 5.41) is 3.19. The SMILES string of the molecule is CCc1cccc(CC)c1NC(N)=NCC1(S(C)(=O)=O)CCOCC1.I. The molecule has 1 aromatic carbocycles. The van der Waals surface area contributed by atoms with Gasteiger partial charge in [0.15, 0.2) is 15.8 Å². The van der Waals surface area contributed by atoms with E-state index in [4.69, 9.17) is 10.5 Å². The standard InChI is InChI=1S/C18H29N3O3S.HI/c1-4-14-7-6-8-15(5-2)16(14)21-17(19)20-13-18(25(3,22)23)9-11-24-12-10-18;/h6-8H,4-5,9-13H2,1-3H3,(H3,19,20,21);1H. The molecule has 2 rings (SSSR count). The number of aliphatic imine (C=N–C) groups is 1. The molecule has 0 aliphatic carbocycles. The number of anilines is 1. The number of benzene rings is 1. The lowest BCUT2D eigenvalue weighted by atomic mass is 9.99. The van der Waals surface area contributed by atoms with E-state index in [9.17, 15) is 8.42 Å². The van der Waals surface area contributed by atoms with Crippen molar-refractivity contribution in [1.29, 1.82) is 0 Å². The molecular formula is C18H30IN3O3S. The number of para-hydroxylation sites is 1. The summed E-state index contributed by atoms with van der Waals surface area (Å²) in [6.45, 7) is 5.22. The van der Waals surface area contributed by atoms with Crippen LogP contribution < -0.4 is 11.1 Å². The van der Waals surface area contributed by atoms with Crippen molar-refractivity contribution < 1.29 is 13.2 Å². The lowest BCUT2D eigenvalue weighted by molar-refractivity contribution is 0.0768. The summed E-state index contributed by atoms with van der Waals surface area (Å²) in [5.41, 5.74) is 9.40. The summed E-state index contributed by atoms with van der Waals surface area (Å²) >= 11 is 0. The Morgan fingerprint density at radius 1 is 1.23 bits per heavy atom. The third-order valence-corrected chi connectivity index (χ3v) is 7.09. The van der Waals surface area contributed by atoms with E-state index in [1.807, 2.05) is 6.07 Å². The van der Waals surface area contributed by atoms with Gasteiger partial charge in [-0.3, -0.25) is 4.99 Å². The highest BCUT2D eigenvalue weighted by atomic mass is 127. The van der Waals surface area contributed by atoms with Crippen molar-refractivity contribution in [3.05, 3.63) is 29.3 Å². The number of halogens is 1. The lowest BCUT2D eigenvalue weighted by Crippen LogP contribution is -2.46. The molecule has 3 N–H and O–H groups in total.